The van der Waals surface area contributed by atoms with E-state index >= 15 is 0 Å². The van der Waals surface area contributed by atoms with Crippen molar-refractivity contribution in [1.82, 2.24) is 15.0 Å². The summed E-state index contributed by atoms with van der Waals surface area (Å²) in [4.78, 5) is 7.02. The van der Waals surface area contributed by atoms with Gasteiger partial charge in [0, 0.05) is 17.2 Å². The van der Waals surface area contributed by atoms with Gasteiger partial charge in [0.05, 0.1) is 11.7 Å². The molecule has 0 saturated carbocycles. The van der Waals surface area contributed by atoms with Crippen LogP contribution in [0.15, 0.2) is 40.9 Å². The second-order valence-electron chi connectivity index (χ2n) is 7.91. The van der Waals surface area contributed by atoms with Crippen LogP contribution in [0.5, 0.6) is 5.75 Å². The molecular weight excluding hydrogens is 376 g/mol. The molecule has 3 aromatic rings. The van der Waals surface area contributed by atoms with Crippen molar-refractivity contribution in [3.8, 4) is 34.7 Å². The Bertz CT molecular complexity index is 1100. The molecule has 6 heteroatoms. The van der Waals surface area contributed by atoms with Crippen molar-refractivity contribution in [2.24, 2.45) is 0 Å². The molecule has 6 nitrogen and oxygen atoms in total. The first-order chi connectivity index (χ1) is 14.5. The number of hydrogen-bond acceptors (Lipinski definition) is 6. The van der Waals surface area contributed by atoms with Crippen molar-refractivity contribution in [2.45, 2.75) is 45.8 Å². The minimum absolute atomic E-state index is 0.00582. The van der Waals surface area contributed by atoms with Crippen LogP contribution in [-0.4, -0.2) is 34.7 Å². The van der Waals surface area contributed by atoms with Gasteiger partial charge in [-0.1, -0.05) is 30.3 Å². The van der Waals surface area contributed by atoms with Crippen LogP contribution in [0.4, 0.5) is 0 Å². The molecule has 1 aliphatic rings. The molecule has 154 valence electrons. The van der Waals surface area contributed by atoms with Crippen molar-refractivity contribution in [3.05, 3.63) is 53.1 Å². The first-order valence-corrected chi connectivity index (χ1v) is 10.4. The van der Waals surface area contributed by atoms with Gasteiger partial charge in [0.1, 0.15) is 11.8 Å². The monoisotopic (exact) mass is 402 g/mol. The summed E-state index contributed by atoms with van der Waals surface area (Å²) in [5, 5.41) is 13.7. The average molecular weight is 402 g/mol. The number of nitrogens with zero attached hydrogens (tertiary/aromatic N) is 4. The Hall–Kier alpha value is -3.17. The van der Waals surface area contributed by atoms with E-state index in [1.54, 1.807) is 12.1 Å². The van der Waals surface area contributed by atoms with Gasteiger partial charge in [-0.15, -0.1) is 0 Å². The van der Waals surface area contributed by atoms with E-state index in [0.717, 1.165) is 24.9 Å². The lowest BCUT2D eigenvalue weighted by atomic mass is 10.0. The number of hydrogen-bond donors (Lipinski definition) is 0. The molecule has 0 aliphatic heterocycles. The molecule has 30 heavy (non-hydrogen) atoms. The van der Waals surface area contributed by atoms with Gasteiger partial charge in [0.2, 0.25) is 5.82 Å². The molecule has 1 heterocycles. The first-order valence-electron chi connectivity index (χ1n) is 10.4. The Kier molecular flexibility index (Phi) is 5.56. The second kappa shape index (κ2) is 8.29. The maximum Gasteiger partial charge on any atom is 0.258 e. The summed E-state index contributed by atoms with van der Waals surface area (Å²) in [6.07, 6.45) is 2.10. The van der Waals surface area contributed by atoms with Crippen LogP contribution in [0.2, 0.25) is 0 Å². The van der Waals surface area contributed by atoms with Gasteiger partial charge in [-0.3, -0.25) is 4.90 Å². The summed E-state index contributed by atoms with van der Waals surface area (Å²) < 4.78 is 11.3. The Morgan fingerprint density at radius 3 is 2.87 bits per heavy atom. The molecule has 1 unspecified atom stereocenters. The van der Waals surface area contributed by atoms with E-state index in [1.807, 2.05) is 19.9 Å². The maximum absolute atomic E-state index is 9.48. The average Bonchev–Trinajstić information content (AvgIpc) is 3.40. The summed E-state index contributed by atoms with van der Waals surface area (Å²) in [5.74, 6) is 1.54. The van der Waals surface area contributed by atoms with Crippen LogP contribution in [-0.2, 0) is 6.42 Å². The fourth-order valence-electron chi connectivity index (χ4n) is 4.08. The van der Waals surface area contributed by atoms with E-state index in [2.05, 4.69) is 53.3 Å². The summed E-state index contributed by atoms with van der Waals surface area (Å²) >= 11 is 0. The molecule has 0 saturated heterocycles. The number of aromatic nitrogens is 2. The predicted octanol–water partition coefficient (Wildman–Crippen LogP) is 5.00. The molecule has 0 fully saturated rings. The van der Waals surface area contributed by atoms with Crippen LogP contribution < -0.4 is 4.74 Å². The summed E-state index contributed by atoms with van der Waals surface area (Å²) in [7, 11) is 2.17. The SMILES string of the molecule is CCN(C)C1CCc2c(-c3noc(-c4ccc(OC(C)C)c(C#N)c4)n3)cccc21. The fourth-order valence-corrected chi connectivity index (χ4v) is 4.08. The highest BCUT2D eigenvalue weighted by Gasteiger charge is 2.28. The van der Waals surface area contributed by atoms with Gasteiger partial charge in [-0.05, 0) is 69.6 Å². The zero-order valence-electron chi connectivity index (χ0n) is 17.8. The minimum atomic E-state index is -0.00582. The lowest BCUT2D eigenvalue weighted by molar-refractivity contribution is 0.242. The summed E-state index contributed by atoms with van der Waals surface area (Å²) in [6.45, 7) is 7.06. The highest BCUT2D eigenvalue weighted by Crippen LogP contribution is 2.40. The van der Waals surface area contributed by atoms with Crippen LogP contribution in [0.1, 0.15) is 49.9 Å². The largest absolute Gasteiger partial charge is 0.490 e. The molecule has 0 bridgehead atoms. The van der Waals surface area contributed by atoms with E-state index in [0.29, 0.717) is 34.6 Å². The summed E-state index contributed by atoms with van der Waals surface area (Å²) in [6, 6.07) is 14.3. The van der Waals surface area contributed by atoms with Crippen molar-refractivity contribution >= 4 is 0 Å². The molecule has 1 aliphatic carbocycles. The molecule has 0 radical (unpaired) electrons. The molecule has 4 rings (SSSR count). The fraction of sp³-hybridized carbons (Fsp3) is 0.375. The first kappa shape index (κ1) is 20.1. The molecule has 0 amide bonds. The normalized spacial score (nSPS) is 15.4. The Balaban J connectivity index is 1.67. The third-order valence-electron chi connectivity index (χ3n) is 5.65. The predicted molar refractivity (Wildman–Crippen MR) is 115 cm³/mol. The van der Waals surface area contributed by atoms with E-state index in [4.69, 9.17) is 9.26 Å². The van der Waals surface area contributed by atoms with Gasteiger partial charge in [0.15, 0.2) is 0 Å². The lowest BCUT2D eigenvalue weighted by Gasteiger charge is -2.23. The number of ether oxygens (including phenoxy) is 1. The van der Waals surface area contributed by atoms with Crippen molar-refractivity contribution in [2.75, 3.05) is 13.6 Å². The van der Waals surface area contributed by atoms with Gasteiger partial charge in [-0.2, -0.15) is 10.2 Å². The third-order valence-corrected chi connectivity index (χ3v) is 5.65. The number of fused-ring (bicyclic) bond motifs is 1. The molecular formula is C24H26N4O2. The lowest BCUT2D eigenvalue weighted by Crippen LogP contribution is -2.22. The van der Waals surface area contributed by atoms with E-state index in [-0.39, 0.29) is 6.10 Å². The molecule has 1 atom stereocenters. The number of rotatable bonds is 6. The Morgan fingerprint density at radius 1 is 1.30 bits per heavy atom. The quantitative estimate of drug-likeness (QED) is 0.577. The van der Waals surface area contributed by atoms with E-state index in [1.165, 1.54) is 11.1 Å². The van der Waals surface area contributed by atoms with Crippen LogP contribution >= 0.6 is 0 Å². The molecule has 1 aromatic heterocycles. The maximum atomic E-state index is 9.48. The van der Waals surface area contributed by atoms with Gasteiger partial charge in [0.25, 0.3) is 5.89 Å². The van der Waals surface area contributed by atoms with Crippen molar-refractivity contribution in [1.29, 1.82) is 5.26 Å². The molecule has 0 N–H and O–H groups in total. The third kappa shape index (κ3) is 3.69. The van der Waals surface area contributed by atoms with Crippen LogP contribution in [0.25, 0.3) is 22.8 Å². The van der Waals surface area contributed by atoms with Crippen molar-refractivity contribution in [3.63, 3.8) is 0 Å². The van der Waals surface area contributed by atoms with Crippen LogP contribution in [0, 0.1) is 11.3 Å². The topological polar surface area (TPSA) is 75.2 Å². The van der Waals surface area contributed by atoms with Crippen molar-refractivity contribution < 1.29 is 9.26 Å². The van der Waals surface area contributed by atoms with Gasteiger partial charge in [-0.25, -0.2) is 0 Å². The van der Waals surface area contributed by atoms with Gasteiger partial charge < -0.3 is 9.26 Å². The highest BCUT2D eigenvalue weighted by atomic mass is 16.5. The molecule has 0 spiro atoms. The van der Waals surface area contributed by atoms with E-state index < -0.39 is 0 Å². The smallest absolute Gasteiger partial charge is 0.258 e. The standard InChI is InChI=1S/C24H26N4O2/c1-5-28(4)21-11-10-18-19(21)7-6-8-20(18)23-26-24(30-27-23)16-9-12-22(29-15(2)3)17(13-16)14-25/h6-9,12-13,15,21H,5,10-11H2,1-4H3. The van der Waals surface area contributed by atoms with E-state index in [9.17, 15) is 5.26 Å². The Labute approximate surface area is 177 Å². The number of benzene rings is 2. The number of nitriles is 1. The molecule has 2 aromatic carbocycles. The zero-order valence-corrected chi connectivity index (χ0v) is 17.8. The highest BCUT2D eigenvalue weighted by molar-refractivity contribution is 5.67. The summed E-state index contributed by atoms with van der Waals surface area (Å²) in [5.41, 5.74) is 4.83. The minimum Gasteiger partial charge on any atom is -0.490 e. The Morgan fingerprint density at radius 2 is 2.13 bits per heavy atom. The second-order valence-corrected chi connectivity index (χ2v) is 7.91. The zero-order chi connectivity index (χ0) is 21.3. The van der Waals surface area contributed by atoms with Gasteiger partial charge >= 0.3 is 0 Å². The van der Waals surface area contributed by atoms with Crippen LogP contribution in [0.3, 0.4) is 0 Å².